The van der Waals surface area contributed by atoms with E-state index in [2.05, 4.69) is 15.5 Å². The van der Waals surface area contributed by atoms with Gasteiger partial charge in [0.2, 0.25) is 11.8 Å². The molecule has 29 heavy (non-hydrogen) atoms. The Morgan fingerprint density at radius 2 is 1.90 bits per heavy atom. The SMILES string of the molecule is CC(C)c1noc(CCCNC(=O)C(c2ccccc2)N2CCS(=O)(=O)CC2)n1. The van der Waals surface area contributed by atoms with Crippen molar-refractivity contribution in [3.8, 4) is 0 Å². The van der Waals surface area contributed by atoms with Gasteiger partial charge in [0.15, 0.2) is 15.7 Å². The van der Waals surface area contributed by atoms with Crippen molar-refractivity contribution in [2.24, 2.45) is 0 Å². The zero-order chi connectivity index (χ0) is 20.9. The van der Waals surface area contributed by atoms with Gasteiger partial charge in [0.25, 0.3) is 0 Å². The number of benzene rings is 1. The van der Waals surface area contributed by atoms with Gasteiger partial charge in [-0.25, -0.2) is 8.42 Å². The van der Waals surface area contributed by atoms with Crippen LogP contribution < -0.4 is 5.32 Å². The number of amides is 1. The van der Waals surface area contributed by atoms with E-state index < -0.39 is 15.9 Å². The fourth-order valence-corrected chi connectivity index (χ4v) is 4.53. The first-order valence-electron chi connectivity index (χ1n) is 9.95. The summed E-state index contributed by atoms with van der Waals surface area (Å²) in [7, 11) is -3.01. The number of sulfone groups is 1. The first-order chi connectivity index (χ1) is 13.9. The molecular formula is C20H28N4O4S. The number of aryl methyl sites for hydroxylation is 1. The highest BCUT2D eigenvalue weighted by atomic mass is 32.2. The number of carbonyl (C=O) groups excluding carboxylic acids is 1. The lowest BCUT2D eigenvalue weighted by Crippen LogP contribution is -2.47. The molecule has 8 nitrogen and oxygen atoms in total. The molecular weight excluding hydrogens is 392 g/mol. The van der Waals surface area contributed by atoms with Crippen LogP contribution in [0.4, 0.5) is 0 Å². The number of nitrogens with one attached hydrogen (secondary N) is 1. The van der Waals surface area contributed by atoms with Crippen molar-refractivity contribution in [1.82, 2.24) is 20.4 Å². The van der Waals surface area contributed by atoms with Gasteiger partial charge in [0, 0.05) is 32.0 Å². The molecule has 0 saturated carbocycles. The van der Waals surface area contributed by atoms with E-state index in [9.17, 15) is 13.2 Å². The Morgan fingerprint density at radius 1 is 1.21 bits per heavy atom. The minimum atomic E-state index is -3.01. The molecule has 0 radical (unpaired) electrons. The zero-order valence-electron chi connectivity index (χ0n) is 16.9. The third-order valence-electron chi connectivity index (χ3n) is 4.97. The molecule has 2 heterocycles. The van der Waals surface area contributed by atoms with Crippen LogP contribution in [0.3, 0.4) is 0 Å². The summed E-state index contributed by atoms with van der Waals surface area (Å²) in [6.45, 7) is 5.20. The molecule has 3 rings (SSSR count). The van der Waals surface area contributed by atoms with Gasteiger partial charge in [-0.15, -0.1) is 0 Å². The minimum Gasteiger partial charge on any atom is -0.354 e. The van der Waals surface area contributed by atoms with Gasteiger partial charge in [-0.05, 0) is 12.0 Å². The fraction of sp³-hybridized carbons (Fsp3) is 0.550. The monoisotopic (exact) mass is 420 g/mol. The summed E-state index contributed by atoms with van der Waals surface area (Å²) in [6, 6.07) is 8.98. The number of rotatable bonds is 8. The van der Waals surface area contributed by atoms with Crippen LogP contribution in [-0.4, -0.2) is 60.5 Å². The highest BCUT2D eigenvalue weighted by Crippen LogP contribution is 2.23. The average molecular weight is 421 g/mol. The third-order valence-corrected chi connectivity index (χ3v) is 6.58. The second kappa shape index (κ2) is 9.49. The van der Waals surface area contributed by atoms with E-state index >= 15 is 0 Å². The van der Waals surface area contributed by atoms with E-state index in [1.165, 1.54) is 0 Å². The molecule has 1 amide bonds. The van der Waals surface area contributed by atoms with E-state index in [4.69, 9.17) is 4.52 Å². The Balaban J connectivity index is 1.58. The Kier molecular flexibility index (Phi) is 7.02. The predicted octanol–water partition coefficient (Wildman–Crippen LogP) is 1.71. The highest BCUT2D eigenvalue weighted by molar-refractivity contribution is 7.91. The molecule has 1 unspecified atom stereocenters. The maximum atomic E-state index is 13.0. The van der Waals surface area contributed by atoms with Crippen LogP contribution in [0, 0.1) is 0 Å². The molecule has 1 aromatic carbocycles. The molecule has 1 aliphatic rings. The molecule has 0 aliphatic carbocycles. The summed E-state index contributed by atoms with van der Waals surface area (Å²) in [5.41, 5.74) is 0.864. The lowest BCUT2D eigenvalue weighted by molar-refractivity contribution is -0.126. The molecule has 1 aromatic heterocycles. The molecule has 1 fully saturated rings. The van der Waals surface area contributed by atoms with Crippen LogP contribution in [0.15, 0.2) is 34.9 Å². The van der Waals surface area contributed by atoms with Crippen LogP contribution >= 0.6 is 0 Å². The largest absolute Gasteiger partial charge is 0.354 e. The van der Waals surface area contributed by atoms with Crippen molar-refractivity contribution < 1.29 is 17.7 Å². The maximum Gasteiger partial charge on any atom is 0.241 e. The summed E-state index contributed by atoms with van der Waals surface area (Å²) in [5, 5.41) is 6.92. The van der Waals surface area contributed by atoms with Gasteiger partial charge in [-0.3, -0.25) is 9.69 Å². The van der Waals surface area contributed by atoms with Gasteiger partial charge in [-0.1, -0.05) is 49.3 Å². The highest BCUT2D eigenvalue weighted by Gasteiger charge is 2.32. The fourth-order valence-electron chi connectivity index (χ4n) is 3.30. The van der Waals surface area contributed by atoms with Crippen molar-refractivity contribution in [3.63, 3.8) is 0 Å². The summed E-state index contributed by atoms with van der Waals surface area (Å²) >= 11 is 0. The number of hydrogen-bond donors (Lipinski definition) is 1. The van der Waals surface area contributed by atoms with Crippen molar-refractivity contribution in [2.45, 2.75) is 38.6 Å². The smallest absolute Gasteiger partial charge is 0.241 e. The van der Waals surface area contributed by atoms with Crippen LogP contribution in [-0.2, 0) is 21.1 Å². The van der Waals surface area contributed by atoms with Gasteiger partial charge in [0.05, 0.1) is 11.5 Å². The average Bonchev–Trinajstić information content (AvgIpc) is 3.17. The number of carbonyl (C=O) groups is 1. The van der Waals surface area contributed by atoms with Gasteiger partial charge < -0.3 is 9.84 Å². The Bertz CT molecular complexity index is 898. The lowest BCUT2D eigenvalue weighted by atomic mass is 10.0. The van der Waals surface area contributed by atoms with Gasteiger partial charge in [-0.2, -0.15) is 4.98 Å². The van der Waals surface area contributed by atoms with Crippen molar-refractivity contribution in [1.29, 1.82) is 0 Å². The Labute approximate surface area is 171 Å². The van der Waals surface area contributed by atoms with E-state index in [0.29, 0.717) is 44.2 Å². The number of aromatic nitrogens is 2. The maximum absolute atomic E-state index is 13.0. The van der Waals surface area contributed by atoms with Crippen molar-refractivity contribution in [2.75, 3.05) is 31.1 Å². The summed E-state index contributed by atoms with van der Waals surface area (Å²) in [5.74, 6) is 1.52. The van der Waals surface area contributed by atoms with E-state index in [-0.39, 0.29) is 23.3 Å². The molecule has 1 saturated heterocycles. The first kappa shape index (κ1) is 21.4. The van der Waals surface area contributed by atoms with Crippen LogP contribution in [0.25, 0.3) is 0 Å². The zero-order valence-corrected chi connectivity index (χ0v) is 17.7. The van der Waals surface area contributed by atoms with Crippen LogP contribution in [0.1, 0.15) is 49.5 Å². The molecule has 1 N–H and O–H groups in total. The van der Waals surface area contributed by atoms with Crippen molar-refractivity contribution in [3.05, 3.63) is 47.6 Å². The Morgan fingerprint density at radius 3 is 2.52 bits per heavy atom. The molecule has 0 spiro atoms. The molecule has 1 aliphatic heterocycles. The second-order valence-corrected chi connectivity index (χ2v) is 9.90. The number of nitrogens with zero attached hydrogens (tertiary/aromatic N) is 3. The summed E-state index contributed by atoms with van der Waals surface area (Å²) < 4.78 is 28.8. The van der Waals surface area contributed by atoms with Crippen molar-refractivity contribution >= 4 is 15.7 Å². The summed E-state index contributed by atoms with van der Waals surface area (Å²) in [6.07, 6.45) is 1.28. The Hall–Kier alpha value is -2.26. The quantitative estimate of drug-likeness (QED) is 0.648. The van der Waals surface area contributed by atoms with Crippen LogP contribution in [0.2, 0.25) is 0 Å². The van der Waals surface area contributed by atoms with Gasteiger partial charge in [0.1, 0.15) is 6.04 Å². The number of hydrogen-bond acceptors (Lipinski definition) is 7. The topological polar surface area (TPSA) is 105 Å². The van der Waals surface area contributed by atoms with E-state index in [0.717, 1.165) is 5.56 Å². The van der Waals surface area contributed by atoms with Gasteiger partial charge >= 0.3 is 0 Å². The normalized spacial score (nSPS) is 17.9. The van der Waals surface area contributed by atoms with E-state index in [1.807, 2.05) is 49.1 Å². The predicted molar refractivity (Wildman–Crippen MR) is 109 cm³/mol. The summed E-state index contributed by atoms with van der Waals surface area (Å²) in [4.78, 5) is 19.2. The molecule has 2 aromatic rings. The van der Waals surface area contributed by atoms with E-state index in [1.54, 1.807) is 0 Å². The molecule has 0 bridgehead atoms. The molecule has 1 atom stereocenters. The third kappa shape index (κ3) is 5.86. The minimum absolute atomic E-state index is 0.0823. The first-order valence-corrected chi connectivity index (χ1v) is 11.8. The molecule has 9 heteroatoms. The van der Waals surface area contributed by atoms with Crippen LogP contribution in [0.5, 0.6) is 0 Å². The standard InChI is InChI=1S/C20H28N4O4S/c1-15(2)19-22-17(28-23-19)9-6-10-21-20(25)18(16-7-4-3-5-8-16)24-11-13-29(26,27)14-12-24/h3-5,7-8,15,18H,6,9-14H2,1-2H3,(H,21,25). The lowest BCUT2D eigenvalue weighted by Gasteiger charge is -2.33. The second-order valence-electron chi connectivity index (χ2n) is 7.60. The molecule has 158 valence electrons.